The molecule has 0 radical (unpaired) electrons. The summed E-state index contributed by atoms with van der Waals surface area (Å²) in [6.45, 7) is 0. The van der Waals surface area contributed by atoms with Crippen LogP contribution in [0.1, 0.15) is 18.4 Å². The van der Waals surface area contributed by atoms with Crippen molar-refractivity contribution in [1.82, 2.24) is 0 Å². The Bertz CT molecular complexity index is 658. The Labute approximate surface area is 134 Å². The molecule has 0 fully saturated rings. The van der Waals surface area contributed by atoms with E-state index >= 15 is 0 Å². The fraction of sp³-hybridized carbons (Fsp3) is 0.333. The Morgan fingerprint density at radius 3 is 2.30 bits per heavy atom. The smallest absolute Gasteiger partial charge is 0.416 e. The van der Waals surface area contributed by atoms with Gasteiger partial charge >= 0.3 is 12.1 Å². The zero-order chi connectivity index (χ0) is 17.2. The van der Waals surface area contributed by atoms with Crippen LogP contribution in [-0.4, -0.2) is 17.0 Å². The maximum absolute atomic E-state index is 12.6. The quantitative estimate of drug-likeness (QED) is 0.813. The van der Waals surface area contributed by atoms with Crippen LogP contribution in [0.25, 0.3) is 0 Å². The Balaban J connectivity index is 2.17. The lowest BCUT2D eigenvalue weighted by Gasteiger charge is -2.24. The number of aliphatic carboxylic acids is 1. The molecule has 0 saturated carbocycles. The zero-order valence-electron chi connectivity index (χ0n) is 11.7. The van der Waals surface area contributed by atoms with Gasteiger partial charge in [-0.2, -0.15) is 13.2 Å². The molecule has 23 heavy (non-hydrogen) atoms. The number of allylic oxidation sites excluding steroid dienone is 2. The minimum absolute atomic E-state index is 0.0170. The minimum atomic E-state index is -4.53. The number of carboxylic acid groups (broad SMARTS) is 1. The molecule has 0 spiro atoms. The van der Waals surface area contributed by atoms with Crippen LogP contribution in [0.15, 0.2) is 30.4 Å². The standard InChI is InChI=1S/C15H13ClF3NO3/c16-11-7-8(15(17,18)19)5-6-12(11)20-13(21)9-3-1-2-4-10(9)14(22)23/h1-2,5-7,9-10H,3-4H2,(H,20,21)(H,22,23)/t9-,10+/m1/s1. The van der Waals surface area contributed by atoms with Crippen molar-refractivity contribution in [3.8, 4) is 0 Å². The van der Waals surface area contributed by atoms with E-state index in [9.17, 15) is 22.8 Å². The van der Waals surface area contributed by atoms with E-state index in [4.69, 9.17) is 16.7 Å². The number of amides is 1. The molecule has 0 aliphatic heterocycles. The number of carbonyl (C=O) groups is 2. The van der Waals surface area contributed by atoms with Gasteiger partial charge in [-0.05, 0) is 31.0 Å². The number of carbonyl (C=O) groups excluding carboxylic acids is 1. The first-order chi connectivity index (χ1) is 10.7. The molecule has 1 amide bonds. The number of halogens is 4. The fourth-order valence-corrected chi connectivity index (χ4v) is 2.62. The second-order valence-electron chi connectivity index (χ2n) is 5.18. The molecular weight excluding hydrogens is 335 g/mol. The van der Waals surface area contributed by atoms with E-state index in [-0.39, 0.29) is 23.6 Å². The Morgan fingerprint density at radius 2 is 1.78 bits per heavy atom. The van der Waals surface area contributed by atoms with Crippen LogP contribution >= 0.6 is 11.6 Å². The van der Waals surface area contributed by atoms with Gasteiger partial charge in [0, 0.05) is 0 Å². The molecule has 1 aromatic carbocycles. The summed E-state index contributed by atoms with van der Waals surface area (Å²) in [6, 6.07) is 2.57. The minimum Gasteiger partial charge on any atom is -0.481 e. The van der Waals surface area contributed by atoms with Crippen LogP contribution in [0.2, 0.25) is 5.02 Å². The largest absolute Gasteiger partial charge is 0.481 e. The number of nitrogens with one attached hydrogen (secondary N) is 1. The third kappa shape index (κ3) is 4.04. The highest BCUT2D eigenvalue weighted by molar-refractivity contribution is 6.33. The molecule has 2 rings (SSSR count). The predicted octanol–water partition coefficient (Wildman–Crippen LogP) is 3.96. The van der Waals surface area contributed by atoms with Gasteiger partial charge in [-0.15, -0.1) is 0 Å². The second kappa shape index (κ2) is 6.62. The molecule has 1 aliphatic carbocycles. The van der Waals surface area contributed by atoms with E-state index in [1.165, 1.54) is 0 Å². The topological polar surface area (TPSA) is 66.4 Å². The molecule has 4 nitrogen and oxygen atoms in total. The Hall–Kier alpha value is -2.02. The van der Waals surface area contributed by atoms with Crippen LogP contribution in [0.5, 0.6) is 0 Å². The maximum atomic E-state index is 12.6. The average Bonchev–Trinajstić information content (AvgIpc) is 2.48. The van der Waals surface area contributed by atoms with Gasteiger partial charge in [0.05, 0.1) is 28.1 Å². The van der Waals surface area contributed by atoms with E-state index < -0.39 is 35.5 Å². The molecule has 2 N–H and O–H groups in total. The highest BCUT2D eigenvalue weighted by Gasteiger charge is 2.35. The van der Waals surface area contributed by atoms with Gasteiger partial charge < -0.3 is 10.4 Å². The SMILES string of the molecule is O=C(O)[C@H]1CC=CC[C@H]1C(=O)Nc1ccc(C(F)(F)F)cc1Cl. The van der Waals surface area contributed by atoms with Crippen LogP contribution < -0.4 is 5.32 Å². The van der Waals surface area contributed by atoms with Crippen molar-refractivity contribution in [3.63, 3.8) is 0 Å². The molecule has 0 heterocycles. The summed E-state index contributed by atoms with van der Waals surface area (Å²) in [7, 11) is 0. The number of rotatable bonds is 3. The maximum Gasteiger partial charge on any atom is 0.416 e. The molecule has 1 aromatic rings. The highest BCUT2D eigenvalue weighted by Crippen LogP contribution is 2.34. The van der Waals surface area contributed by atoms with Crippen LogP contribution in [-0.2, 0) is 15.8 Å². The van der Waals surface area contributed by atoms with Gasteiger partial charge in [0.25, 0.3) is 0 Å². The summed E-state index contributed by atoms with van der Waals surface area (Å²) < 4.78 is 37.7. The molecule has 0 aromatic heterocycles. The Kier molecular flexibility index (Phi) is 4.99. The van der Waals surface area contributed by atoms with Gasteiger partial charge in [0.1, 0.15) is 0 Å². The van der Waals surface area contributed by atoms with Crippen molar-refractivity contribution in [2.45, 2.75) is 19.0 Å². The molecule has 0 bridgehead atoms. The predicted molar refractivity (Wildman–Crippen MR) is 78.1 cm³/mol. The first-order valence-corrected chi connectivity index (χ1v) is 7.13. The zero-order valence-corrected chi connectivity index (χ0v) is 12.5. The first kappa shape index (κ1) is 17.3. The normalized spacial score (nSPS) is 21.0. The summed E-state index contributed by atoms with van der Waals surface area (Å²) in [5.41, 5.74) is -0.909. The van der Waals surface area contributed by atoms with E-state index in [0.717, 1.165) is 12.1 Å². The van der Waals surface area contributed by atoms with Gasteiger partial charge in [0.15, 0.2) is 0 Å². The van der Waals surface area contributed by atoms with Crippen molar-refractivity contribution in [3.05, 3.63) is 40.9 Å². The summed E-state index contributed by atoms with van der Waals surface area (Å²) in [5, 5.41) is 11.3. The average molecular weight is 348 g/mol. The molecule has 8 heteroatoms. The van der Waals surface area contributed by atoms with Crippen LogP contribution in [0.3, 0.4) is 0 Å². The number of alkyl halides is 3. The number of carboxylic acids is 1. The van der Waals surface area contributed by atoms with Gasteiger partial charge in [-0.3, -0.25) is 9.59 Å². The van der Waals surface area contributed by atoms with Crippen molar-refractivity contribution >= 4 is 29.2 Å². The molecule has 1 aliphatic rings. The van der Waals surface area contributed by atoms with Crippen LogP contribution in [0, 0.1) is 11.8 Å². The molecule has 2 atom stereocenters. The van der Waals surface area contributed by atoms with Crippen molar-refractivity contribution in [1.29, 1.82) is 0 Å². The first-order valence-electron chi connectivity index (χ1n) is 6.75. The molecular formula is C15H13ClF3NO3. The van der Waals surface area contributed by atoms with Gasteiger partial charge in [-0.1, -0.05) is 23.8 Å². The van der Waals surface area contributed by atoms with E-state index in [1.54, 1.807) is 12.2 Å². The number of benzene rings is 1. The number of hydrogen-bond acceptors (Lipinski definition) is 2. The van der Waals surface area contributed by atoms with E-state index in [0.29, 0.717) is 6.07 Å². The summed E-state index contributed by atoms with van der Waals surface area (Å²) >= 11 is 5.77. The van der Waals surface area contributed by atoms with Gasteiger partial charge in [-0.25, -0.2) is 0 Å². The van der Waals surface area contributed by atoms with E-state index in [2.05, 4.69) is 5.32 Å². The fourth-order valence-electron chi connectivity index (χ4n) is 2.40. The highest BCUT2D eigenvalue weighted by atomic mass is 35.5. The molecule has 0 unspecified atom stereocenters. The second-order valence-corrected chi connectivity index (χ2v) is 5.58. The lowest BCUT2D eigenvalue weighted by molar-refractivity contribution is -0.146. The molecule has 124 valence electrons. The number of hydrogen-bond donors (Lipinski definition) is 2. The van der Waals surface area contributed by atoms with Crippen molar-refractivity contribution in [2.75, 3.05) is 5.32 Å². The van der Waals surface area contributed by atoms with Crippen LogP contribution in [0.4, 0.5) is 18.9 Å². The summed E-state index contributed by atoms with van der Waals surface area (Å²) in [4.78, 5) is 23.4. The summed E-state index contributed by atoms with van der Waals surface area (Å²) in [6.07, 6.45) is -0.657. The molecule has 0 saturated heterocycles. The Morgan fingerprint density at radius 1 is 1.17 bits per heavy atom. The lowest BCUT2D eigenvalue weighted by Crippen LogP contribution is -2.34. The van der Waals surface area contributed by atoms with Crippen molar-refractivity contribution < 1.29 is 27.9 Å². The third-order valence-electron chi connectivity index (χ3n) is 3.64. The van der Waals surface area contributed by atoms with Crippen molar-refractivity contribution in [2.24, 2.45) is 11.8 Å². The summed E-state index contributed by atoms with van der Waals surface area (Å²) in [5.74, 6) is -3.33. The van der Waals surface area contributed by atoms with E-state index in [1.807, 2.05) is 0 Å². The monoisotopic (exact) mass is 347 g/mol. The third-order valence-corrected chi connectivity index (χ3v) is 3.95. The lowest BCUT2D eigenvalue weighted by atomic mass is 9.82. The van der Waals surface area contributed by atoms with Gasteiger partial charge in [0.2, 0.25) is 5.91 Å². The number of anilines is 1.